The minimum absolute atomic E-state index is 0.0502. The highest BCUT2D eigenvalue weighted by molar-refractivity contribution is 6.29. The van der Waals surface area contributed by atoms with Crippen molar-refractivity contribution in [3.63, 3.8) is 0 Å². The average molecular weight is 423 g/mol. The number of aromatic amines is 1. The van der Waals surface area contributed by atoms with Crippen molar-refractivity contribution in [2.45, 2.75) is 51.1 Å². The molecule has 2 fully saturated rings. The fourth-order valence-corrected chi connectivity index (χ4v) is 4.29. The molecule has 1 unspecified atom stereocenters. The summed E-state index contributed by atoms with van der Waals surface area (Å²) in [6.45, 7) is 1.84. The summed E-state index contributed by atoms with van der Waals surface area (Å²) in [5, 5.41) is 12.5. The zero-order chi connectivity index (χ0) is 20.7. The van der Waals surface area contributed by atoms with E-state index in [4.69, 9.17) is 17.3 Å². The van der Waals surface area contributed by atoms with Crippen molar-refractivity contribution in [3.05, 3.63) is 39.3 Å². The van der Waals surface area contributed by atoms with Gasteiger partial charge in [-0.3, -0.25) is 14.3 Å². The molecule has 2 saturated carbocycles. The minimum Gasteiger partial charge on any atom is -0.320 e. The number of H-pyrrole nitrogens is 1. The van der Waals surface area contributed by atoms with Gasteiger partial charge in [-0.25, -0.2) is 5.10 Å². The van der Waals surface area contributed by atoms with Crippen LogP contribution in [0.1, 0.15) is 50.6 Å². The molecule has 2 aliphatic rings. The summed E-state index contributed by atoms with van der Waals surface area (Å²) < 4.78 is 15.8. The van der Waals surface area contributed by atoms with E-state index >= 15 is 0 Å². The molecule has 156 valence electrons. The lowest BCUT2D eigenvalue weighted by Crippen LogP contribution is -2.43. The Morgan fingerprint density at radius 3 is 2.66 bits per heavy atom. The van der Waals surface area contributed by atoms with Gasteiger partial charge in [0.2, 0.25) is 5.91 Å². The Bertz CT molecular complexity index is 956. The summed E-state index contributed by atoms with van der Waals surface area (Å²) in [5.74, 6) is -0.0546. The van der Waals surface area contributed by atoms with Gasteiger partial charge in [0.05, 0.1) is 18.3 Å². The molecule has 2 heterocycles. The second-order valence-electron chi connectivity index (χ2n) is 7.98. The van der Waals surface area contributed by atoms with Crippen molar-refractivity contribution in [1.29, 1.82) is 0 Å². The van der Waals surface area contributed by atoms with Crippen molar-refractivity contribution >= 4 is 23.2 Å². The standard InChI is InChI=1S/C19H24ClFN6O2/c1-2-13(11-7-14(20)24-25-18(11)28)27-8-12(17(21)26-27)23-19(29)16(22)15(9-3-4-9)10-5-6-10/h7-10,13,15-16H,2-6,22H2,1H3,(H,23,29)(H,25,28)/t13?,16-/m0/s1. The van der Waals surface area contributed by atoms with Crippen LogP contribution in [0.2, 0.25) is 5.15 Å². The highest BCUT2D eigenvalue weighted by Crippen LogP contribution is 2.50. The number of halogens is 2. The summed E-state index contributed by atoms with van der Waals surface area (Å²) in [6.07, 6.45) is 6.27. The molecule has 8 nitrogen and oxygen atoms in total. The first-order valence-electron chi connectivity index (χ1n) is 9.95. The number of aromatic nitrogens is 4. The third-order valence-corrected chi connectivity index (χ3v) is 6.05. The molecule has 2 aromatic heterocycles. The van der Waals surface area contributed by atoms with Gasteiger partial charge >= 0.3 is 0 Å². The SMILES string of the molecule is CCC(c1cc(Cl)n[nH]c1=O)n1cc(NC(=O)[C@@H](N)C(C2CC2)C2CC2)c(F)n1. The normalized spacial score (nSPS) is 18.7. The van der Waals surface area contributed by atoms with E-state index in [1.807, 2.05) is 6.92 Å². The Labute approximate surface area is 172 Å². The predicted molar refractivity (Wildman–Crippen MR) is 106 cm³/mol. The van der Waals surface area contributed by atoms with Crippen molar-refractivity contribution in [2.75, 3.05) is 5.32 Å². The van der Waals surface area contributed by atoms with Crippen LogP contribution in [0.4, 0.5) is 10.1 Å². The minimum atomic E-state index is -0.824. The lowest BCUT2D eigenvalue weighted by Gasteiger charge is -2.22. The first-order chi connectivity index (χ1) is 13.9. The monoisotopic (exact) mass is 422 g/mol. The average Bonchev–Trinajstić information content (AvgIpc) is 3.61. The third kappa shape index (κ3) is 4.20. The Morgan fingerprint density at radius 2 is 2.07 bits per heavy atom. The Kier molecular flexibility index (Phi) is 5.44. The van der Waals surface area contributed by atoms with Gasteiger partial charge in [0.15, 0.2) is 0 Å². The quantitative estimate of drug-likeness (QED) is 0.603. The van der Waals surface area contributed by atoms with Crippen molar-refractivity contribution in [3.8, 4) is 0 Å². The van der Waals surface area contributed by atoms with E-state index in [0.29, 0.717) is 23.8 Å². The summed E-state index contributed by atoms with van der Waals surface area (Å²) >= 11 is 5.88. The number of hydrogen-bond donors (Lipinski definition) is 3. The first kappa shape index (κ1) is 20.0. The number of rotatable bonds is 8. The fraction of sp³-hybridized carbons (Fsp3) is 0.579. The van der Waals surface area contributed by atoms with E-state index in [0.717, 1.165) is 25.7 Å². The van der Waals surface area contributed by atoms with E-state index in [2.05, 4.69) is 20.6 Å². The summed E-state index contributed by atoms with van der Waals surface area (Å²) in [4.78, 5) is 24.8. The summed E-state index contributed by atoms with van der Waals surface area (Å²) in [6, 6.07) is 0.207. The van der Waals surface area contributed by atoms with Crippen molar-refractivity contribution in [1.82, 2.24) is 20.0 Å². The van der Waals surface area contributed by atoms with Crippen molar-refractivity contribution < 1.29 is 9.18 Å². The van der Waals surface area contributed by atoms with Gasteiger partial charge in [-0.15, -0.1) is 5.10 Å². The molecule has 0 aromatic carbocycles. The highest BCUT2D eigenvalue weighted by atomic mass is 35.5. The Balaban J connectivity index is 1.53. The number of hydrogen-bond acceptors (Lipinski definition) is 5. The van der Waals surface area contributed by atoms with E-state index in [-0.39, 0.29) is 16.8 Å². The zero-order valence-corrected chi connectivity index (χ0v) is 16.8. The molecule has 1 amide bonds. The number of nitrogens with zero attached hydrogens (tertiary/aromatic N) is 3. The molecule has 2 aromatic rings. The molecule has 4 rings (SSSR count). The van der Waals surface area contributed by atoms with Gasteiger partial charge in [-0.05, 0) is 55.9 Å². The number of nitrogens with one attached hydrogen (secondary N) is 2. The maximum Gasteiger partial charge on any atom is 0.269 e. The van der Waals surface area contributed by atoms with Gasteiger partial charge in [0.1, 0.15) is 10.8 Å². The molecule has 0 radical (unpaired) electrons. The van der Waals surface area contributed by atoms with Crippen LogP contribution in [-0.2, 0) is 4.79 Å². The largest absolute Gasteiger partial charge is 0.320 e. The molecule has 0 saturated heterocycles. The van der Waals surface area contributed by atoms with E-state index in [9.17, 15) is 14.0 Å². The molecule has 2 atom stereocenters. The van der Waals surface area contributed by atoms with Crippen LogP contribution >= 0.6 is 11.6 Å². The maximum absolute atomic E-state index is 14.5. The highest BCUT2D eigenvalue weighted by Gasteiger charge is 2.46. The topological polar surface area (TPSA) is 119 Å². The summed E-state index contributed by atoms with van der Waals surface area (Å²) in [5.41, 5.74) is 6.07. The zero-order valence-electron chi connectivity index (χ0n) is 16.1. The third-order valence-electron chi connectivity index (χ3n) is 5.86. The van der Waals surface area contributed by atoms with Crippen LogP contribution in [-0.4, -0.2) is 31.9 Å². The van der Waals surface area contributed by atoms with Crippen LogP contribution in [0.25, 0.3) is 0 Å². The fourth-order valence-electron chi connectivity index (χ4n) is 4.13. The molecule has 29 heavy (non-hydrogen) atoms. The van der Waals surface area contributed by atoms with Crippen LogP contribution in [0.5, 0.6) is 0 Å². The molecule has 2 aliphatic carbocycles. The molecular formula is C19H24ClFN6O2. The smallest absolute Gasteiger partial charge is 0.269 e. The number of amides is 1. The number of anilines is 1. The van der Waals surface area contributed by atoms with Crippen LogP contribution < -0.4 is 16.6 Å². The van der Waals surface area contributed by atoms with Gasteiger partial charge in [-0.2, -0.15) is 9.49 Å². The van der Waals surface area contributed by atoms with E-state index in [1.165, 1.54) is 16.9 Å². The Hall–Kier alpha value is -2.26. The lowest BCUT2D eigenvalue weighted by molar-refractivity contribution is -0.118. The van der Waals surface area contributed by atoms with Crippen LogP contribution in [0.3, 0.4) is 0 Å². The first-order valence-corrected chi connectivity index (χ1v) is 10.3. The predicted octanol–water partition coefficient (Wildman–Crippen LogP) is 2.46. The van der Waals surface area contributed by atoms with Crippen LogP contribution in [0.15, 0.2) is 17.1 Å². The van der Waals surface area contributed by atoms with Crippen molar-refractivity contribution in [2.24, 2.45) is 23.5 Å². The summed E-state index contributed by atoms with van der Waals surface area (Å²) in [7, 11) is 0. The van der Waals surface area contributed by atoms with Crippen LogP contribution in [0, 0.1) is 23.7 Å². The van der Waals surface area contributed by atoms with E-state index in [1.54, 1.807) is 0 Å². The molecule has 0 bridgehead atoms. The Morgan fingerprint density at radius 1 is 1.41 bits per heavy atom. The number of carbonyl (C=O) groups is 1. The number of nitrogens with two attached hydrogens (primary N) is 1. The van der Waals surface area contributed by atoms with Gasteiger partial charge < -0.3 is 11.1 Å². The van der Waals surface area contributed by atoms with Gasteiger partial charge in [0.25, 0.3) is 11.5 Å². The molecule has 4 N–H and O–H groups in total. The second kappa shape index (κ2) is 7.87. The van der Waals surface area contributed by atoms with Gasteiger partial charge in [-0.1, -0.05) is 18.5 Å². The molecule has 0 aliphatic heterocycles. The van der Waals surface area contributed by atoms with E-state index < -0.39 is 29.5 Å². The number of carbonyl (C=O) groups excluding carboxylic acids is 1. The second-order valence-corrected chi connectivity index (χ2v) is 8.37. The molecule has 10 heteroatoms. The lowest BCUT2D eigenvalue weighted by atomic mass is 9.89. The maximum atomic E-state index is 14.5. The molecule has 0 spiro atoms. The molecular weight excluding hydrogens is 399 g/mol. The van der Waals surface area contributed by atoms with Gasteiger partial charge in [0, 0.05) is 5.56 Å².